The zero-order valence-electron chi connectivity index (χ0n) is 14.1. The summed E-state index contributed by atoms with van der Waals surface area (Å²) in [5.74, 6) is 1.89. The lowest BCUT2D eigenvalue weighted by molar-refractivity contribution is 0.130. The molecule has 0 aromatic heterocycles. The van der Waals surface area contributed by atoms with Crippen molar-refractivity contribution in [1.82, 2.24) is 5.32 Å². The molecule has 114 valence electrons. The van der Waals surface area contributed by atoms with Crippen molar-refractivity contribution in [3.63, 3.8) is 0 Å². The fraction of sp³-hybridized carbons (Fsp3) is 1.00. The highest BCUT2D eigenvalue weighted by molar-refractivity contribution is 4.85. The molecule has 1 unspecified atom stereocenters. The maximum Gasteiger partial charge on any atom is 0.00953 e. The highest BCUT2D eigenvalue weighted by Gasteiger charge is 2.32. The Morgan fingerprint density at radius 2 is 1.63 bits per heavy atom. The van der Waals surface area contributed by atoms with Crippen molar-refractivity contribution >= 4 is 0 Å². The van der Waals surface area contributed by atoms with Crippen molar-refractivity contribution in [3.8, 4) is 0 Å². The molecular formula is C18H37N. The molecule has 0 heterocycles. The van der Waals surface area contributed by atoms with Gasteiger partial charge in [0.25, 0.3) is 0 Å². The van der Waals surface area contributed by atoms with Crippen LogP contribution in [-0.2, 0) is 0 Å². The fourth-order valence-electron chi connectivity index (χ4n) is 3.65. The third-order valence-corrected chi connectivity index (χ3v) is 5.09. The van der Waals surface area contributed by atoms with Crippen LogP contribution in [0.4, 0.5) is 0 Å². The first kappa shape index (κ1) is 17.0. The van der Waals surface area contributed by atoms with Crippen LogP contribution >= 0.6 is 0 Å². The van der Waals surface area contributed by atoms with E-state index in [4.69, 9.17) is 0 Å². The summed E-state index contributed by atoms with van der Waals surface area (Å²) in [7, 11) is 0. The van der Waals surface area contributed by atoms with Crippen molar-refractivity contribution in [1.29, 1.82) is 0 Å². The lowest BCUT2D eigenvalue weighted by Gasteiger charge is -2.40. The molecule has 1 saturated carbocycles. The fourth-order valence-corrected chi connectivity index (χ4v) is 3.65. The maximum atomic E-state index is 3.83. The van der Waals surface area contributed by atoms with Crippen molar-refractivity contribution in [2.24, 2.45) is 17.3 Å². The molecule has 0 aromatic carbocycles. The van der Waals surface area contributed by atoms with Gasteiger partial charge in [0.2, 0.25) is 0 Å². The van der Waals surface area contributed by atoms with Crippen molar-refractivity contribution in [2.75, 3.05) is 6.54 Å². The predicted octanol–water partition coefficient (Wildman–Crippen LogP) is 5.40. The molecule has 19 heavy (non-hydrogen) atoms. The first-order valence-corrected chi connectivity index (χ1v) is 8.72. The minimum Gasteiger partial charge on any atom is -0.314 e. The lowest BCUT2D eigenvalue weighted by atomic mass is 9.68. The highest BCUT2D eigenvalue weighted by atomic mass is 14.9. The molecule has 0 saturated heterocycles. The number of hydrogen-bond donors (Lipinski definition) is 1. The zero-order valence-corrected chi connectivity index (χ0v) is 14.1. The van der Waals surface area contributed by atoms with Gasteiger partial charge < -0.3 is 5.32 Å². The van der Waals surface area contributed by atoms with E-state index < -0.39 is 0 Å². The third-order valence-electron chi connectivity index (χ3n) is 5.09. The van der Waals surface area contributed by atoms with Gasteiger partial charge in [-0.3, -0.25) is 0 Å². The Labute approximate surface area is 121 Å². The van der Waals surface area contributed by atoms with Crippen LogP contribution in [0.5, 0.6) is 0 Å². The van der Waals surface area contributed by atoms with E-state index in [2.05, 4.69) is 39.9 Å². The van der Waals surface area contributed by atoms with E-state index in [1.807, 2.05) is 0 Å². The van der Waals surface area contributed by atoms with Crippen LogP contribution < -0.4 is 5.32 Å². The predicted molar refractivity (Wildman–Crippen MR) is 86.5 cm³/mol. The molecule has 0 radical (unpaired) electrons. The second kappa shape index (κ2) is 8.29. The summed E-state index contributed by atoms with van der Waals surface area (Å²) in [6.07, 6.45) is 11.2. The summed E-state index contributed by atoms with van der Waals surface area (Å²) < 4.78 is 0. The molecule has 0 spiro atoms. The summed E-state index contributed by atoms with van der Waals surface area (Å²) in [5, 5.41) is 3.83. The van der Waals surface area contributed by atoms with E-state index in [0.29, 0.717) is 5.41 Å². The minimum absolute atomic E-state index is 0.515. The smallest absolute Gasteiger partial charge is 0.00953 e. The van der Waals surface area contributed by atoms with E-state index >= 15 is 0 Å². The molecule has 0 aliphatic heterocycles. The van der Waals surface area contributed by atoms with Crippen LogP contribution in [0.2, 0.25) is 0 Å². The molecule has 1 aliphatic carbocycles. The van der Waals surface area contributed by atoms with E-state index in [1.165, 1.54) is 57.9 Å². The van der Waals surface area contributed by atoms with Gasteiger partial charge in [-0.05, 0) is 62.3 Å². The number of unbranched alkanes of at least 4 members (excludes halogenated alkanes) is 1. The zero-order chi connectivity index (χ0) is 14.3. The summed E-state index contributed by atoms with van der Waals surface area (Å²) in [5.41, 5.74) is 0.515. The molecule has 1 fully saturated rings. The second-order valence-electron chi connectivity index (χ2n) is 7.68. The summed E-state index contributed by atoms with van der Waals surface area (Å²) >= 11 is 0. The Kier molecular flexibility index (Phi) is 7.42. The Morgan fingerprint density at radius 1 is 1.00 bits per heavy atom. The number of nitrogens with one attached hydrogen (secondary N) is 1. The second-order valence-corrected chi connectivity index (χ2v) is 7.68. The monoisotopic (exact) mass is 267 g/mol. The van der Waals surface area contributed by atoms with Gasteiger partial charge in [0.05, 0.1) is 0 Å². The molecule has 0 aromatic rings. The molecule has 1 heteroatoms. The summed E-state index contributed by atoms with van der Waals surface area (Å²) in [4.78, 5) is 0. The molecular weight excluding hydrogens is 230 g/mol. The van der Waals surface area contributed by atoms with Crippen molar-refractivity contribution in [3.05, 3.63) is 0 Å². The molecule has 0 bridgehead atoms. The molecule has 1 aliphatic rings. The quantitative estimate of drug-likeness (QED) is 0.651. The summed E-state index contributed by atoms with van der Waals surface area (Å²) in [6, 6.07) is 0.792. The summed E-state index contributed by atoms with van der Waals surface area (Å²) in [6.45, 7) is 13.0. The van der Waals surface area contributed by atoms with Crippen LogP contribution in [0.25, 0.3) is 0 Å². The molecule has 0 amide bonds. The van der Waals surface area contributed by atoms with Crippen molar-refractivity contribution in [2.45, 2.75) is 92.0 Å². The van der Waals surface area contributed by atoms with Crippen LogP contribution in [0.1, 0.15) is 86.0 Å². The maximum absolute atomic E-state index is 3.83. The van der Waals surface area contributed by atoms with Gasteiger partial charge in [-0.1, -0.05) is 47.5 Å². The van der Waals surface area contributed by atoms with Crippen molar-refractivity contribution < 1.29 is 0 Å². The van der Waals surface area contributed by atoms with Crippen LogP contribution in [0.15, 0.2) is 0 Å². The van der Waals surface area contributed by atoms with Gasteiger partial charge in [-0.15, -0.1) is 0 Å². The first-order valence-electron chi connectivity index (χ1n) is 8.72. The molecule has 1 atom stereocenters. The van der Waals surface area contributed by atoms with Gasteiger partial charge >= 0.3 is 0 Å². The van der Waals surface area contributed by atoms with Gasteiger partial charge in [0.1, 0.15) is 0 Å². The highest BCUT2D eigenvalue weighted by Crippen LogP contribution is 2.41. The average Bonchev–Trinajstić information content (AvgIpc) is 2.38. The van der Waals surface area contributed by atoms with Crippen LogP contribution in [-0.4, -0.2) is 12.6 Å². The van der Waals surface area contributed by atoms with Gasteiger partial charge in [0.15, 0.2) is 0 Å². The topological polar surface area (TPSA) is 12.0 Å². The molecule has 1 rings (SSSR count). The van der Waals surface area contributed by atoms with Gasteiger partial charge in [0, 0.05) is 6.04 Å². The number of rotatable bonds is 7. The molecule has 1 N–H and O–H groups in total. The van der Waals surface area contributed by atoms with Crippen LogP contribution in [0.3, 0.4) is 0 Å². The van der Waals surface area contributed by atoms with E-state index in [0.717, 1.165) is 17.9 Å². The van der Waals surface area contributed by atoms with E-state index in [1.54, 1.807) is 0 Å². The average molecular weight is 268 g/mol. The SMILES string of the molecule is CCCCC(NCCC)C1CCC(C(C)(C)C)CC1. The lowest BCUT2D eigenvalue weighted by Crippen LogP contribution is -2.39. The first-order chi connectivity index (χ1) is 8.99. The Balaban J connectivity index is 2.44. The van der Waals surface area contributed by atoms with E-state index in [-0.39, 0.29) is 0 Å². The standard InChI is InChI=1S/C18H37N/c1-6-8-9-17(19-14-7-2)15-10-12-16(13-11-15)18(3,4)5/h15-17,19H,6-14H2,1-5H3. The normalized spacial score (nSPS) is 26.4. The van der Waals surface area contributed by atoms with Gasteiger partial charge in [-0.2, -0.15) is 0 Å². The Bertz CT molecular complexity index is 212. The number of hydrogen-bond acceptors (Lipinski definition) is 1. The largest absolute Gasteiger partial charge is 0.314 e. The Hall–Kier alpha value is -0.0400. The van der Waals surface area contributed by atoms with Gasteiger partial charge in [-0.25, -0.2) is 0 Å². The Morgan fingerprint density at radius 3 is 2.11 bits per heavy atom. The van der Waals surface area contributed by atoms with E-state index in [9.17, 15) is 0 Å². The molecule has 1 nitrogen and oxygen atoms in total. The van der Waals surface area contributed by atoms with Crippen LogP contribution in [0, 0.1) is 17.3 Å². The minimum atomic E-state index is 0.515. The third kappa shape index (κ3) is 5.85.